The number of nitrogens with one attached hydrogen (secondary N) is 1. The van der Waals surface area contributed by atoms with Crippen molar-refractivity contribution in [2.24, 2.45) is 0 Å². The second-order valence-corrected chi connectivity index (χ2v) is 8.97. The number of carbonyl (C=O) groups is 1. The molecule has 2 aromatic carbocycles. The van der Waals surface area contributed by atoms with E-state index in [1.54, 1.807) is 30.5 Å². The Bertz CT molecular complexity index is 1190. The highest BCUT2D eigenvalue weighted by molar-refractivity contribution is 7.92. The fraction of sp³-hybridized carbons (Fsp3) is 0.182. The number of rotatable bonds is 4. The zero-order chi connectivity index (χ0) is 20.6. The van der Waals surface area contributed by atoms with E-state index in [0.717, 1.165) is 11.3 Å². The molecule has 0 saturated carbocycles. The van der Waals surface area contributed by atoms with Crippen LogP contribution in [0.15, 0.2) is 71.8 Å². The molecule has 6 nitrogen and oxygen atoms in total. The van der Waals surface area contributed by atoms with Crippen molar-refractivity contribution >= 4 is 27.3 Å². The van der Waals surface area contributed by atoms with Crippen molar-refractivity contribution in [1.29, 1.82) is 0 Å². The molecule has 4 rings (SSSR count). The molecule has 1 unspecified atom stereocenters. The summed E-state index contributed by atoms with van der Waals surface area (Å²) in [6.45, 7) is 3.72. The Hall–Kier alpha value is -3.19. The number of aromatic nitrogens is 1. The predicted molar refractivity (Wildman–Crippen MR) is 113 cm³/mol. The van der Waals surface area contributed by atoms with Crippen molar-refractivity contribution in [1.82, 2.24) is 4.98 Å². The van der Waals surface area contributed by atoms with Crippen LogP contribution in [0.4, 0.5) is 11.4 Å². The summed E-state index contributed by atoms with van der Waals surface area (Å²) in [7, 11) is -3.79. The Morgan fingerprint density at radius 3 is 2.69 bits per heavy atom. The van der Waals surface area contributed by atoms with Crippen LogP contribution in [0.3, 0.4) is 0 Å². The van der Waals surface area contributed by atoms with E-state index in [9.17, 15) is 13.2 Å². The monoisotopic (exact) mass is 407 g/mol. The third kappa shape index (κ3) is 3.61. The number of fused-ring (bicyclic) bond motifs is 1. The molecule has 0 radical (unpaired) electrons. The minimum Gasteiger partial charge on any atom is -0.322 e. The Morgan fingerprint density at radius 2 is 1.90 bits per heavy atom. The fourth-order valence-corrected chi connectivity index (χ4v) is 5.38. The number of benzene rings is 2. The first-order chi connectivity index (χ1) is 13.9. The number of hydrogen-bond acceptors (Lipinski definition) is 4. The summed E-state index contributed by atoms with van der Waals surface area (Å²) in [5.74, 6) is -0.373. The molecule has 1 N–H and O–H groups in total. The maximum Gasteiger partial charge on any atom is 0.264 e. The standard InChI is InChI=1S/C22H21N3O3S/c1-15-12-19(10-11-23-15)24-22(26)18-7-5-8-20(14-18)29(27,28)25-16(2)13-17-6-3-4-9-21(17)25/h3-12,14,16H,13H2,1-2H3,(H,23,24,26). The lowest BCUT2D eigenvalue weighted by Crippen LogP contribution is -2.35. The van der Waals surface area contributed by atoms with Crippen molar-refractivity contribution in [3.63, 3.8) is 0 Å². The van der Waals surface area contributed by atoms with Gasteiger partial charge < -0.3 is 5.32 Å². The molecular weight excluding hydrogens is 386 g/mol. The minimum absolute atomic E-state index is 0.0969. The second-order valence-electron chi connectivity index (χ2n) is 7.15. The molecule has 1 aromatic heterocycles. The first-order valence-electron chi connectivity index (χ1n) is 9.32. The summed E-state index contributed by atoms with van der Waals surface area (Å²) in [6.07, 6.45) is 2.27. The molecule has 3 aromatic rings. The first-order valence-corrected chi connectivity index (χ1v) is 10.8. The third-order valence-electron chi connectivity index (χ3n) is 4.95. The Labute approximate surface area is 170 Å². The molecule has 2 heterocycles. The average Bonchev–Trinajstić information content (AvgIpc) is 3.04. The van der Waals surface area contributed by atoms with E-state index >= 15 is 0 Å². The number of para-hydroxylation sites is 1. The molecule has 1 atom stereocenters. The summed E-state index contributed by atoms with van der Waals surface area (Å²) < 4.78 is 28.2. The van der Waals surface area contributed by atoms with Gasteiger partial charge in [-0.2, -0.15) is 0 Å². The van der Waals surface area contributed by atoms with Crippen molar-refractivity contribution < 1.29 is 13.2 Å². The van der Waals surface area contributed by atoms with Gasteiger partial charge in [-0.25, -0.2) is 8.42 Å². The van der Waals surface area contributed by atoms with Crippen LogP contribution in [-0.4, -0.2) is 25.4 Å². The van der Waals surface area contributed by atoms with E-state index < -0.39 is 10.0 Å². The van der Waals surface area contributed by atoms with Crippen LogP contribution < -0.4 is 9.62 Å². The Kier molecular flexibility index (Phi) is 4.84. The first kappa shape index (κ1) is 19.1. The highest BCUT2D eigenvalue weighted by Crippen LogP contribution is 2.36. The van der Waals surface area contributed by atoms with Gasteiger partial charge in [0.1, 0.15) is 0 Å². The normalized spacial score (nSPS) is 15.8. The van der Waals surface area contributed by atoms with E-state index in [4.69, 9.17) is 0 Å². The summed E-state index contributed by atoms with van der Waals surface area (Å²) >= 11 is 0. The van der Waals surface area contributed by atoms with Gasteiger partial charge >= 0.3 is 0 Å². The summed E-state index contributed by atoms with van der Waals surface area (Å²) in [5.41, 5.74) is 3.37. The molecule has 0 fully saturated rings. The van der Waals surface area contributed by atoms with Gasteiger partial charge in [-0.15, -0.1) is 0 Å². The van der Waals surface area contributed by atoms with Crippen LogP contribution in [-0.2, 0) is 16.4 Å². The smallest absolute Gasteiger partial charge is 0.264 e. The van der Waals surface area contributed by atoms with Gasteiger partial charge in [0, 0.05) is 29.2 Å². The van der Waals surface area contributed by atoms with Gasteiger partial charge in [-0.3, -0.25) is 14.1 Å². The molecule has 0 aliphatic carbocycles. The number of aryl methyl sites for hydroxylation is 1. The third-order valence-corrected chi connectivity index (χ3v) is 6.88. The van der Waals surface area contributed by atoms with Gasteiger partial charge in [0.25, 0.3) is 15.9 Å². The Balaban J connectivity index is 1.65. The van der Waals surface area contributed by atoms with Crippen molar-refractivity contribution in [2.75, 3.05) is 9.62 Å². The number of amides is 1. The lowest BCUT2D eigenvalue weighted by Gasteiger charge is -2.24. The van der Waals surface area contributed by atoms with Gasteiger partial charge in [-0.1, -0.05) is 24.3 Å². The second kappa shape index (κ2) is 7.33. The van der Waals surface area contributed by atoms with Gasteiger partial charge in [-0.05, 0) is 62.2 Å². The zero-order valence-corrected chi connectivity index (χ0v) is 17.0. The molecule has 0 spiro atoms. The van der Waals surface area contributed by atoms with Crippen molar-refractivity contribution in [2.45, 2.75) is 31.2 Å². The highest BCUT2D eigenvalue weighted by atomic mass is 32.2. The van der Waals surface area contributed by atoms with Crippen molar-refractivity contribution in [3.8, 4) is 0 Å². The van der Waals surface area contributed by atoms with Crippen LogP contribution >= 0.6 is 0 Å². The van der Waals surface area contributed by atoms with Crippen LogP contribution in [0.5, 0.6) is 0 Å². The lowest BCUT2D eigenvalue weighted by atomic mass is 10.1. The van der Waals surface area contributed by atoms with Crippen LogP contribution in [0.2, 0.25) is 0 Å². The fourth-order valence-electron chi connectivity index (χ4n) is 3.64. The van der Waals surface area contributed by atoms with E-state index in [2.05, 4.69) is 10.3 Å². The number of carbonyl (C=O) groups excluding carboxylic acids is 1. The van der Waals surface area contributed by atoms with E-state index in [1.807, 2.05) is 38.1 Å². The maximum atomic E-state index is 13.4. The maximum absolute atomic E-state index is 13.4. The predicted octanol–water partition coefficient (Wildman–Crippen LogP) is 3.78. The topological polar surface area (TPSA) is 79.4 Å². The van der Waals surface area contributed by atoms with E-state index in [-0.39, 0.29) is 22.4 Å². The van der Waals surface area contributed by atoms with Crippen molar-refractivity contribution in [3.05, 3.63) is 83.7 Å². The zero-order valence-electron chi connectivity index (χ0n) is 16.2. The van der Waals surface area contributed by atoms with Gasteiger partial charge in [0.2, 0.25) is 0 Å². The summed E-state index contributed by atoms with van der Waals surface area (Å²) in [4.78, 5) is 16.8. The van der Waals surface area contributed by atoms with Crippen LogP contribution in [0, 0.1) is 6.92 Å². The molecule has 0 saturated heterocycles. The van der Waals surface area contributed by atoms with Crippen LogP contribution in [0.25, 0.3) is 0 Å². The molecule has 0 bridgehead atoms. The highest BCUT2D eigenvalue weighted by Gasteiger charge is 2.36. The molecule has 7 heteroatoms. The summed E-state index contributed by atoms with van der Waals surface area (Å²) in [5, 5.41) is 2.78. The SMILES string of the molecule is Cc1cc(NC(=O)c2cccc(S(=O)(=O)N3c4ccccc4CC3C)c2)ccn1. The minimum atomic E-state index is -3.79. The number of sulfonamides is 1. The molecule has 29 heavy (non-hydrogen) atoms. The molecular formula is C22H21N3O3S. The number of anilines is 2. The quantitative estimate of drug-likeness (QED) is 0.714. The Morgan fingerprint density at radius 1 is 1.10 bits per heavy atom. The molecule has 148 valence electrons. The molecule has 1 aliphatic rings. The molecule has 1 aliphatic heterocycles. The van der Waals surface area contributed by atoms with E-state index in [0.29, 0.717) is 17.8 Å². The average molecular weight is 407 g/mol. The van der Waals surface area contributed by atoms with Gasteiger partial charge in [0.05, 0.1) is 10.6 Å². The largest absolute Gasteiger partial charge is 0.322 e. The van der Waals surface area contributed by atoms with Crippen LogP contribution in [0.1, 0.15) is 28.5 Å². The number of pyridine rings is 1. The molecule has 1 amide bonds. The number of hydrogen-bond donors (Lipinski definition) is 1. The number of nitrogens with zero attached hydrogens (tertiary/aromatic N) is 2. The van der Waals surface area contributed by atoms with Gasteiger partial charge in [0.15, 0.2) is 0 Å². The van der Waals surface area contributed by atoms with E-state index in [1.165, 1.54) is 16.4 Å². The summed E-state index contributed by atoms with van der Waals surface area (Å²) in [6, 6.07) is 16.9. The lowest BCUT2D eigenvalue weighted by molar-refractivity contribution is 0.102.